The van der Waals surface area contributed by atoms with Gasteiger partial charge >= 0.3 is 0 Å². The number of benzene rings is 1. The van der Waals surface area contributed by atoms with E-state index in [-0.39, 0.29) is 0 Å². The Morgan fingerprint density at radius 1 is 1.19 bits per heavy atom. The van der Waals surface area contributed by atoms with Crippen LogP contribution < -0.4 is 5.84 Å². The molecule has 0 aromatic heterocycles. The third kappa shape index (κ3) is 1.49. The van der Waals surface area contributed by atoms with Crippen molar-refractivity contribution < 1.29 is 0 Å². The Balaban J connectivity index is 1.97. The van der Waals surface area contributed by atoms with E-state index >= 15 is 0 Å². The third-order valence-corrected chi connectivity index (χ3v) is 2.61. The summed E-state index contributed by atoms with van der Waals surface area (Å²) in [5.74, 6) is 6.58. The highest BCUT2D eigenvalue weighted by molar-refractivity contribution is 6.09. The smallest absolute Gasteiger partial charge is 0.152 e. The lowest BCUT2D eigenvalue weighted by atomic mass is 10.1. The monoisotopic (exact) mass is 212 g/mol. The first-order chi connectivity index (χ1) is 7.83. The van der Waals surface area contributed by atoms with Gasteiger partial charge in [-0.15, -0.1) is 0 Å². The molecule has 2 heterocycles. The van der Waals surface area contributed by atoms with Crippen LogP contribution in [0.2, 0.25) is 0 Å². The van der Waals surface area contributed by atoms with E-state index in [0.29, 0.717) is 6.67 Å². The van der Waals surface area contributed by atoms with E-state index < -0.39 is 0 Å². The molecule has 2 aliphatic heterocycles. The number of nitrogens with zero attached hydrogens (tertiary/aromatic N) is 3. The summed E-state index contributed by atoms with van der Waals surface area (Å²) in [6, 6.07) is 10.1. The molecule has 4 heteroatoms. The molecule has 2 N–H and O–H groups in total. The molecule has 4 nitrogen and oxygen atoms in total. The first-order valence-corrected chi connectivity index (χ1v) is 5.15. The van der Waals surface area contributed by atoms with Crippen molar-refractivity contribution in [2.45, 2.75) is 0 Å². The molecule has 0 unspecified atom stereocenters. The van der Waals surface area contributed by atoms with Gasteiger partial charge in [-0.1, -0.05) is 30.3 Å². The van der Waals surface area contributed by atoms with Crippen LogP contribution in [0.4, 0.5) is 0 Å². The topological polar surface area (TPSA) is 44.9 Å². The Hall–Kier alpha value is -2.07. The van der Waals surface area contributed by atoms with Crippen molar-refractivity contribution in [1.82, 2.24) is 9.91 Å². The van der Waals surface area contributed by atoms with Crippen molar-refractivity contribution in [3.8, 4) is 0 Å². The van der Waals surface area contributed by atoms with Gasteiger partial charge in [0.05, 0.1) is 11.9 Å². The number of rotatable bonds is 1. The quantitative estimate of drug-likeness (QED) is 0.712. The zero-order valence-electron chi connectivity index (χ0n) is 8.74. The van der Waals surface area contributed by atoms with Crippen molar-refractivity contribution >= 4 is 5.71 Å². The molecule has 1 aromatic carbocycles. The molecule has 0 saturated heterocycles. The number of nitrogens with two attached hydrogens (primary N) is 1. The molecule has 0 atom stereocenters. The zero-order chi connectivity index (χ0) is 11.0. The molecule has 2 aliphatic rings. The second-order valence-electron chi connectivity index (χ2n) is 3.79. The van der Waals surface area contributed by atoms with Crippen LogP contribution in [0, 0.1) is 0 Å². The van der Waals surface area contributed by atoms with Crippen molar-refractivity contribution in [2.75, 3.05) is 6.67 Å². The van der Waals surface area contributed by atoms with Crippen LogP contribution in [0.3, 0.4) is 0 Å². The van der Waals surface area contributed by atoms with Crippen LogP contribution in [0.5, 0.6) is 0 Å². The lowest BCUT2D eigenvalue weighted by Gasteiger charge is -2.19. The Kier molecular flexibility index (Phi) is 2.01. The van der Waals surface area contributed by atoms with Crippen LogP contribution in [0.15, 0.2) is 59.6 Å². The van der Waals surface area contributed by atoms with Crippen LogP contribution in [0.1, 0.15) is 5.56 Å². The van der Waals surface area contributed by atoms with Crippen LogP contribution in [-0.2, 0) is 0 Å². The van der Waals surface area contributed by atoms with Crippen LogP contribution in [0.25, 0.3) is 0 Å². The highest BCUT2D eigenvalue weighted by atomic mass is 15.5. The standard InChI is InChI=1S/C12H12N4/c13-16-8-12-14-11(6-7-15(12)9-16)10-4-2-1-3-5-10/h1-8H,9,13H2. The zero-order valence-corrected chi connectivity index (χ0v) is 8.74. The normalized spacial score (nSPS) is 18.3. The van der Waals surface area contributed by atoms with Crippen molar-refractivity contribution in [1.29, 1.82) is 0 Å². The molecule has 1 aromatic rings. The number of allylic oxidation sites excluding steroid dienone is 1. The van der Waals surface area contributed by atoms with E-state index in [0.717, 1.165) is 17.1 Å². The molecule has 0 amide bonds. The SMILES string of the molecule is NN1C=C2N=C(c3ccccc3)C=CN2C1. The molecule has 0 fully saturated rings. The van der Waals surface area contributed by atoms with Gasteiger partial charge in [0.1, 0.15) is 6.67 Å². The Bertz CT molecular complexity index is 487. The van der Waals surface area contributed by atoms with Gasteiger partial charge in [0.25, 0.3) is 0 Å². The van der Waals surface area contributed by atoms with Gasteiger partial charge in [-0.25, -0.2) is 10.8 Å². The Labute approximate surface area is 94.0 Å². The minimum atomic E-state index is 0.664. The maximum atomic E-state index is 5.69. The average molecular weight is 212 g/mol. The highest BCUT2D eigenvalue weighted by Gasteiger charge is 2.19. The van der Waals surface area contributed by atoms with Crippen LogP contribution in [-0.4, -0.2) is 22.3 Å². The number of hydrogen-bond acceptors (Lipinski definition) is 4. The second-order valence-corrected chi connectivity index (χ2v) is 3.79. The summed E-state index contributed by atoms with van der Waals surface area (Å²) in [4.78, 5) is 6.57. The van der Waals surface area contributed by atoms with E-state index in [1.54, 1.807) is 5.01 Å². The van der Waals surface area contributed by atoms with Gasteiger partial charge < -0.3 is 4.90 Å². The van der Waals surface area contributed by atoms with Gasteiger partial charge in [-0.2, -0.15) is 0 Å². The molecule has 0 bridgehead atoms. The Morgan fingerprint density at radius 2 is 2.00 bits per heavy atom. The fourth-order valence-electron chi connectivity index (χ4n) is 1.82. The second kappa shape index (κ2) is 3.50. The van der Waals surface area contributed by atoms with Crippen molar-refractivity contribution in [3.05, 3.63) is 60.2 Å². The predicted molar refractivity (Wildman–Crippen MR) is 62.9 cm³/mol. The molecule has 0 radical (unpaired) electrons. The fraction of sp³-hybridized carbons (Fsp3) is 0.0833. The number of hydrazine groups is 1. The lowest BCUT2D eigenvalue weighted by molar-refractivity contribution is 0.315. The van der Waals surface area contributed by atoms with E-state index in [1.165, 1.54) is 0 Å². The molecular formula is C12H12N4. The summed E-state index contributed by atoms with van der Waals surface area (Å²) < 4.78 is 0. The van der Waals surface area contributed by atoms with Gasteiger partial charge in [0.2, 0.25) is 0 Å². The van der Waals surface area contributed by atoms with Gasteiger partial charge in [-0.3, -0.25) is 5.01 Å². The molecular weight excluding hydrogens is 200 g/mol. The molecule has 0 aliphatic carbocycles. The third-order valence-electron chi connectivity index (χ3n) is 2.61. The maximum Gasteiger partial charge on any atom is 0.152 e. The summed E-state index contributed by atoms with van der Waals surface area (Å²) in [6.07, 6.45) is 5.85. The summed E-state index contributed by atoms with van der Waals surface area (Å²) >= 11 is 0. The van der Waals surface area contributed by atoms with Gasteiger partial charge in [-0.05, 0) is 6.08 Å². The number of hydrogen-bond donors (Lipinski definition) is 1. The highest BCUT2D eigenvalue weighted by Crippen LogP contribution is 2.20. The van der Waals surface area contributed by atoms with E-state index in [1.807, 2.05) is 41.6 Å². The fourth-order valence-corrected chi connectivity index (χ4v) is 1.82. The molecule has 80 valence electrons. The molecule has 3 rings (SSSR count). The van der Waals surface area contributed by atoms with Crippen molar-refractivity contribution in [3.63, 3.8) is 0 Å². The van der Waals surface area contributed by atoms with E-state index in [9.17, 15) is 0 Å². The summed E-state index contributed by atoms with van der Waals surface area (Å²) in [7, 11) is 0. The number of fused-ring (bicyclic) bond motifs is 1. The van der Waals surface area contributed by atoms with E-state index in [2.05, 4.69) is 17.1 Å². The van der Waals surface area contributed by atoms with Crippen molar-refractivity contribution in [2.24, 2.45) is 10.8 Å². The van der Waals surface area contributed by atoms with Gasteiger partial charge in [0, 0.05) is 11.8 Å². The van der Waals surface area contributed by atoms with Gasteiger partial charge in [0.15, 0.2) is 5.82 Å². The van der Waals surface area contributed by atoms with E-state index in [4.69, 9.17) is 5.84 Å². The minimum absolute atomic E-state index is 0.664. The lowest BCUT2D eigenvalue weighted by Crippen LogP contribution is -2.29. The molecule has 0 spiro atoms. The Morgan fingerprint density at radius 3 is 2.81 bits per heavy atom. The first-order valence-electron chi connectivity index (χ1n) is 5.15. The largest absolute Gasteiger partial charge is 0.312 e. The molecule has 16 heavy (non-hydrogen) atoms. The summed E-state index contributed by atoms with van der Waals surface area (Å²) in [6.45, 7) is 0.664. The van der Waals surface area contributed by atoms with Crippen LogP contribution >= 0.6 is 0 Å². The summed E-state index contributed by atoms with van der Waals surface area (Å²) in [5.41, 5.74) is 2.09. The maximum absolute atomic E-state index is 5.69. The predicted octanol–water partition coefficient (Wildman–Crippen LogP) is 1.25. The first kappa shape index (κ1) is 9.18. The number of aliphatic imine (C=N–C) groups is 1. The average Bonchev–Trinajstić information content (AvgIpc) is 2.69. The molecule has 0 saturated carbocycles. The minimum Gasteiger partial charge on any atom is -0.312 e. The summed E-state index contributed by atoms with van der Waals surface area (Å²) in [5, 5.41) is 1.62.